The zero-order valence-corrected chi connectivity index (χ0v) is 11.2. The molecular formula is C14H12N2S2. The fourth-order valence-electron chi connectivity index (χ4n) is 1.92. The van der Waals surface area contributed by atoms with Gasteiger partial charge in [-0.3, -0.25) is 0 Å². The fourth-order valence-corrected chi connectivity index (χ4v) is 3.45. The van der Waals surface area contributed by atoms with Crippen molar-refractivity contribution < 1.29 is 0 Å². The number of rotatable bonds is 2. The summed E-state index contributed by atoms with van der Waals surface area (Å²) in [5.41, 5.74) is 15.9. The maximum atomic E-state index is 6.14. The predicted molar refractivity (Wildman–Crippen MR) is 81.9 cm³/mol. The summed E-state index contributed by atoms with van der Waals surface area (Å²) < 4.78 is 0. The summed E-state index contributed by atoms with van der Waals surface area (Å²) >= 11 is 3.34. The van der Waals surface area contributed by atoms with Gasteiger partial charge in [-0.15, -0.1) is 22.7 Å². The van der Waals surface area contributed by atoms with Gasteiger partial charge >= 0.3 is 0 Å². The van der Waals surface area contributed by atoms with Crippen molar-refractivity contribution in [1.82, 2.24) is 0 Å². The summed E-state index contributed by atoms with van der Waals surface area (Å²) in [5.74, 6) is 0. The van der Waals surface area contributed by atoms with Crippen LogP contribution >= 0.6 is 22.7 Å². The monoisotopic (exact) mass is 272 g/mol. The van der Waals surface area contributed by atoms with Crippen LogP contribution in [0.3, 0.4) is 0 Å². The maximum Gasteiger partial charge on any atom is 0.0410 e. The molecule has 3 aromatic rings. The SMILES string of the molecule is Nc1cc(-c2cccs2)c(N)cc1-c1cccs1. The van der Waals surface area contributed by atoms with Gasteiger partial charge in [0.25, 0.3) is 0 Å². The molecule has 3 rings (SSSR count). The molecule has 0 bridgehead atoms. The largest absolute Gasteiger partial charge is 0.398 e. The van der Waals surface area contributed by atoms with Crippen molar-refractivity contribution in [1.29, 1.82) is 0 Å². The Bertz CT molecular complexity index is 595. The van der Waals surface area contributed by atoms with Gasteiger partial charge in [-0.1, -0.05) is 12.1 Å². The molecule has 1 aromatic carbocycles. The van der Waals surface area contributed by atoms with Crippen molar-refractivity contribution >= 4 is 34.0 Å². The van der Waals surface area contributed by atoms with E-state index in [2.05, 4.69) is 12.1 Å². The minimum absolute atomic E-state index is 0.773. The van der Waals surface area contributed by atoms with E-state index in [9.17, 15) is 0 Å². The van der Waals surface area contributed by atoms with Crippen molar-refractivity contribution in [3.63, 3.8) is 0 Å². The van der Waals surface area contributed by atoms with E-state index in [1.807, 2.05) is 35.0 Å². The lowest BCUT2D eigenvalue weighted by molar-refractivity contribution is 1.65. The second-order valence-electron chi connectivity index (χ2n) is 3.98. The molecule has 0 fully saturated rings. The third-order valence-electron chi connectivity index (χ3n) is 2.79. The summed E-state index contributed by atoms with van der Waals surface area (Å²) in [6, 6.07) is 12.1. The van der Waals surface area contributed by atoms with Crippen molar-refractivity contribution in [2.24, 2.45) is 0 Å². The van der Waals surface area contributed by atoms with E-state index in [-0.39, 0.29) is 0 Å². The summed E-state index contributed by atoms with van der Waals surface area (Å²) in [5, 5.41) is 4.08. The molecule has 0 atom stereocenters. The third kappa shape index (κ3) is 1.89. The molecule has 90 valence electrons. The lowest BCUT2D eigenvalue weighted by Crippen LogP contribution is -1.95. The number of anilines is 2. The Labute approximate surface area is 114 Å². The molecule has 0 aliphatic heterocycles. The van der Waals surface area contributed by atoms with E-state index in [1.54, 1.807) is 22.7 Å². The minimum atomic E-state index is 0.773. The fraction of sp³-hybridized carbons (Fsp3) is 0. The lowest BCUT2D eigenvalue weighted by atomic mass is 10.0. The smallest absolute Gasteiger partial charge is 0.0410 e. The second-order valence-corrected chi connectivity index (χ2v) is 5.88. The average Bonchev–Trinajstić information content (AvgIpc) is 3.02. The molecule has 4 heteroatoms. The first kappa shape index (κ1) is 11.3. The van der Waals surface area contributed by atoms with E-state index >= 15 is 0 Å². The number of hydrogen-bond donors (Lipinski definition) is 2. The first-order valence-corrected chi connectivity index (χ1v) is 7.28. The van der Waals surface area contributed by atoms with Crippen LogP contribution in [0.4, 0.5) is 11.4 Å². The highest BCUT2D eigenvalue weighted by Gasteiger charge is 2.10. The van der Waals surface area contributed by atoms with Gasteiger partial charge in [0.1, 0.15) is 0 Å². The van der Waals surface area contributed by atoms with E-state index in [1.165, 1.54) is 0 Å². The highest BCUT2D eigenvalue weighted by Crippen LogP contribution is 2.38. The Morgan fingerprint density at radius 2 is 1.17 bits per heavy atom. The Morgan fingerprint density at radius 1 is 0.722 bits per heavy atom. The number of nitrogens with two attached hydrogens (primary N) is 2. The number of nitrogen functional groups attached to an aromatic ring is 2. The molecule has 0 saturated carbocycles. The lowest BCUT2D eigenvalue weighted by Gasteiger charge is -2.09. The third-order valence-corrected chi connectivity index (χ3v) is 4.60. The van der Waals surface area contributed by atoms with Crippen LogP contribution in [-0.2, 0) is 0 Å². The van der Waals surface area contributed by atoms with Crippen LogP contribution in [-0.4, -0.2) is 0 Å². The van der Waals surface area contributed by atoms with Crippen LogP contribution < -0.4 is 11.5 Å². The minimum Gasteiger partial charge on any atom is -0.398 e. The molecular weight excluding hydrogens is 260 g/mol. The van der Waals surface area contributed by atoms with Crippen molar-refractivity contribution in [2.45, 2.75) is 0 Å². The van der Waals surface area contributed by atoms with Gasteiger partial charge in [-0.25, -0.2) is 0 Å². The molecule has 18 heavy (non-hydrogen) atoms. The van der Waals surface area contributed by atoms with Crippen LogP contribution in [0.5, 0.6) is 0 Å². The number of hydrogen-bond acceptors (Lipinski definition) is 4. The van der Waals surface area contributed by atoms with Crippen molar-refractivity contribution in [2.75, 3.05) is 11.5 Å². The van der Waals surface area contributed by atoms with Crippen LogP contribution in [0.25, 0.3) is 20.9 Å². The van der Waals surface area contributed by atoms with Crippen molar-refractivity contribution in [3.8, 4) is 20.9 Å². The molecule has 0 radical (unpaired) electrons. The topological polar surface area (TPSA) is 52.0 Å². The van der Waals surface area contributed by atoms with Gasteiger partial charge in [0, 0.05) is 32.3 Å². The Balaban J connectivity index is 2.15. The molecule has 0 spiro atoms. The van der Waals surface area contributed by atoms with Gasteiger partial charge in [0.15, 0.2) is 0 Å². The van der Waals surface area contributed by atoms with Gasteiger partial charge in [-0.2, -0.15) is 0 Å². The molecule has 0 amide bonds. The molecule has 0 aliphatic carbocycles. The zero-order chi connectivity index (χ0) is 12.5. The predicted octanol–water partition coefficient (Wildman–Crippen LogP) is 4.31. The molecule has 2 nitrogen and oxygen atoms in total. The molecule has 2 heterocycles. The molecule has 0 unspecified atom stereocenters. The normalized spacial score (nSPS) is 10.7. The zero-order valence-electron chi connectivity index (χ0n) is 9.59. The van der Waals surface area contributed by atoms with Crippen LogP contribution in [0, 0.1) is 0 Å². The Kier molecular flexibility index (Phi) is 2.81. The highest BCUT2D eigenvalue weighted by molar-refractivity contribution is 7.14. The van der Waals surface area contributed by atoms with E-state index in [4.69, 9.17) is 11.5 Å². The summed E-state index contributed by atoms with van der Waals surface area (Å²) in [4.78, 5) is 2.30. The van der Waals surface area contributed by atoms with Gasteiger partial charge in [0.2, 0.25) is 0 Å². The van der Waals surface area contributed by atoms with E-state index in [0.29, 0.717) is 0 Å². The standard InChI is InChI=1S/C14H12N2S2/c15-11-8-10(14-4-2-6-18-14)12(16)7-9(11)13-3-1-5-17-13/h1-8H,15-16H2. The summed E-state index contributed by atoms with van der Waals surface area (Å²) in [6.45, 7) is 0. The Morgan fingerprint density at radius 3 is 1.50 bits per heavy atom. The molecule has 0 saturated heterocycles. The number of benzene rings is 1. The first-order valence-electron chi connectivity index (χ1n) is 5.52. The Hall–Kier alpha value is -1.78. The molecule has 4 N–H and O–H groups in total. The van der Waals surface area contributed by atoms with Gasteiger partial charge < -0.3 is 11.5 Å². The van der Waals surface area contributed by atoms with Crippen molar-refractivity contribution in [3.05, 3.63) is 47.2 Å². The average molecular weight is 272 g/mol. The maximum absolute atomic E-state index is 6.14. The number of thiophene rings is 2. The van der Waals surface area contributed by atoms with Crippen LogP contribution in [0.15, 0.2) is 47.2 Å². The summed E-state index contributed by atoms with van der Waals surface area (Å²) in [7, 11) is 0. The van der Waals surface area contributed by atoms with E-state index in [0.717, 1.165) is 32.3 Å². The van der Waals surface area contributed by atoms with Gasteiger partial charge in [-0.05, 0) is 35.0 Å². The van der Waals surface area contributed by atoms with Crippen LogP contribution in [0.1, 0.15) is 0 Å². The van der Waals surface area contributed by atoms with E-state index < -0.39 is 0 Å². The molecule has 2 aromatic heterocycles. The van der Waals surface area contributed by atoms with Gasteiger partial charge in [0.05, 0.1) is 0 Å². The first-order chi connectivity index (χ1) is 8.75. The van der Waals surface area contributed by atoms with Crippen LogP contribution in [0.2, 0.25) is 0 Å². The molecule has 0 aliphatic rings. The summed E-state index contributed by atoms with van der Waals surface area (Å²) in [6.07, 6.45) is 0. The highest BCUT2D eigenvalue weighted by atomic mass is 32.1. The quantitative estimate of drug-likeness (QED) is 0.683. The second kappa shape index (κ2) is 4.48.